The average molecular weight is 284 g/mol. The average Bonchev–Trinajstić information content (AvgIpc) is 2.33. The maximum atomic E-state index is 6.16. The van der Waals surface area contributed by atoms with Gasteiger partial charge in [0, 0.05) is 28.7 Å². The summed E-state index contributed by atoms with van der Waals surface area (Å²) in [6.45, 7) is 0.384. The van der Waals surface area contributed by atoms with Crippen LogP contribution >= 0.6 is 35.0 Å². The van der Waals surface area contributed by atoms with Crippen LogP contribution in [0.5, 0.6) is 0 Å². The van der Waals surface area contributed by atoms with Gasteiger partial charge < -0.3 is 5.73 Å². The highest BCUT2D eigenvalue weighted by Crippen LogP contribution is 2.36. The van der Waals surface area contributed by atoms with Crippen molar-refractivity contribution < 1.29 is 0 Å². The Labute approximate surface area is 114 Å². The minimum Gasteiger partial charge on any atom is -0.326 e. The molecule has 0 aliphatic heterocycles. The van der Waals surface area contributed by atoms with Crippen molar-refractivity contribution >= 4 is 35.0 Å². The number of aromatic nitrogens is 1. The molecule has 1 aromatic heterocycles. The molecule has 2 rings (SSSR count). The first-order valence-electron chi connectivity index (χ1n) is 4.89. The molecule has 1 heterocycles. The molecule has 1 radical (unpaired) electrons. The Hall–Kier alpha value is -0.740. The molecule has 0 saturated carbocycles. The van der Waals surface area contributed by atoms with Crippen LogP contribution in [-0.4, -0.2) is 4.98 Å². The molecule has 0 bridgehead atoms. The van der Waals surface area contributed by atoms with Crippen LogP contribution in [0.3, 0.4) is 0 Å². The summed E-state index contributed by atoms with van der Waals surface area (Å²) in [5.74, 6) is 0. The number of pyridine rings is 1. The zero-order valence-corrected chi connectivity index (χ0v) is 11.1. The van der Waals surface area contributed by atoms with E-state index >= 15 is 0 Å². The maximum absolute atomic E-state index is 6.16. The smallest absolute Gasteiger partial charge is 0.109 e. The molecule has 0 saturated heterocycles. The van der Waals surface area contributed by atoms with Crippen LogP contribution in [0.1, 0.15) is 5.56 Å². The number of halogens is 2. The van der Waals surface area contributed by atoms with E-state index in [2.05, 4.69) is 11.1 Å². The topological polar surface area (TPSA) is 38.9 Å². The van der Waals surface area contributed by atoms with Crippen molar-refractivity contribution in [1.82, 2.24) is 4.98 Å². The lowest BCUT2D eigenvalue weighted by Crippen LogP contribution is -1.99. The molecule has 87 valence electrons. The summed E-state index contributed by atoms with van der Waals surface area (Å²) in [7, 11) is 0. The van der Waals surface area contributed by atoms with Crippen LogP contribution in [0.25, 0.3) is 0 Å². The van der Waals surface area contributed by atoms with Gasteiger partial charge in [-0.05, 0) is 23.8 Å². The second-order valence-corrected chi connectivity index (χ2v) is 5.11. The zero-order valence-electron chi connectivity index (χ0n) is 8.78. The van der Waals surface area contributed by atoms with Gasteiger partial charge in [0.1, 0.15) is 5.03 Å². The van der Waals surface area contributed by atoms with E-state index in [0.29, 0.717) is 16.6 Å². The number of benzene rings is 1. The van der Waals surface area contributed by atoms with Crippen LogP contribution in [0.2, 0.25) is 10.0 Å². The summed E-state index contributed by atoms with van der Waals surface area (Å²) in [6, 6.07) is 10.2. The summed E-state index contributed by atoms with van der Waals surface area (Å²) >= 11 is 13.5. The Bertz CT molecular complexity index is 517. The Kier molecular flexibility index (Phi) is 4.29. The van der Waals surface area contributed by atoms with Gasteiger partial charge in [-0.2, -0.15) is 0 Å². The number of nitrogens with two attached hydrogens (primary N) is 1. The van der Waals surface area contributed by atoms with E-state index in [-0.39, 0.29) is 0 Å². The Morgan fingerprint density at radius 1 is 1.35 bits per heavy atom. The first kappa shape index (κ1) is 12.7. The van der Waals surface area contributed by atoms with Crippen molar-refractivity contribution in [2.75, 3.05) is 0 Å². The zero-order chi connectivity index (χ0) is 12.3. The third-order valence-electron chi connectivity index (χ3n) is 2.08. The van der Waals surface area contributed by atoms with E-state index < -0.39 is 0 Å². The lowest BCUT2D eigenvalue weighted by molar-refractivity contribution is 1.02. The minimum atomic E-state index is 0.384. The van der Waals surface area contributed by atoms with Gasteiger partial charge in [0.15, 0.2) is 0 Å². The molecule has 0 unspecified atom stereocenters. The Morgan fingerprint density at radius 3 is 2.82 bits per heavy atom. The molecule has 0 amide bonds. The summed E-state index contributed by atoms with van der Waals surface area (Å²) in [6.07, 6.45) is 1.71. The predicted octanol–water partition coefficient (Wildman–Crippen LogP) is 3.80. The van der Waals surface area contributed by atoms with E-state index in [1.165, 1.54) is 11.8 Å². The number of hydrogen-bond acceptors (Lipinski definition) is 3. The monoisotopic (exact) mass is 283 g/mol. The van der Waals surface area contributed by atoms with Crippen LogP contribution in [0, 0.1) is 6.07 Å². The number of rotatable bonds is 3. The molecule has 2 nitrogen and oxygen atoms in total. The fourth-order valence-electron chi connectivity index (χ4n) is 1.34. The molecule has 1 aromatic carbocycles. The summed E-state index contributed by atoms with van der Waals surface area (Å²) in [4.78, 5) is 5.07. The fraction of sp³-hybridized carbons (Fsp3) is 0.0833. The van der Waals surface area contributed by atoms with Gasteiger partial charge in [-0.3, -0.25) is 0 Å². The van der Waals surface area contributed by atoms with E-state index in [4.69, 9.17) is 28.9 Å². The lowest BCUT2D eigenvalue weighted by atomic mass is 10.2. The molecule has 2 N–H and O–H groups in total. The van der Waals surface area contributed by atoms with Gasteiger partial charge in [0.25, 0.3) is 0 Å². The molecule has 0 fully saturated rings. The van der Waals surface area contributed by atoms with Gasteiger partial charge in [-0.25, -0.2) is 4.98 Å². The molecular weight excluding hydrogens is 275 g/mol. The van der Waals surface area contributed by atoms with Gasteiger partial charge in [0.2, 0.25) is 0 Å². The highest BCUT2D eigenvalue weighted by Gasteiger charge is 2.10. The van der Waals surface area contributed by atoms with E-state index in [1.54, 1.807) is 18.3 Å². The molecular formula is C12H9Cl2N2S. The van der Waals surface area contributed by atoms with Crippen molar-refractivity contribution in [2.45, 2.75) is 16.5 Å². The fourth-order valence-corrected chi connectivity index (χ4v) is 2.86. The van der Waals surface area contributed by atoms with Crippen LogP contribution < -0.4 is 5.73 Å². The van der Waals surface area contributed by atoms with Gasteiger partial charge >= 0.3 is 0 Å². The normalized spacial score (nSPS) is 10.5. The van der Waals surface area contributed by atoms with Crippen molar-refractivity contribution in [3.8, 4) is 0 Å². The third-order valence-corrected chi connectivity index (χ3v) is 3.82. The molecule has 0 aliphatic carbocycles. The van der Waals surface area contributed by atoms with Gasteiger partial charge in [-0.15, -0.1) is 0 Å². The quantitative estimate of drug-likeness (QED) is 0.931. The highest BCUT2D eigenvalue weighted by atomic mass is 35.5. The first-order valence-corrected chi connectivity index (χ1v) is 6.46. The summed E-state index contributed by atoms with van der Waals surface area (Å²) < 4.78 is 0. The van der Waals surface area contributed by atoms with Crippen LogP contribution in [0.4, 0.5) is 0 Å². The van der Waals surface area contributed by atoms with E-state index in [9.17, 15) is 0 Å². The Morgan fingerprint density at radius 2 is 2.18 bits per heavy atom. The van der Waals surface area contributed by atoms with Crippen molar-refractivity contribution in [1.29, 1.82) is 0 Å². The van der Waals surface area contributed by atoms with Crippen molar-refractivity contribution in [3.63, 3.8) is 0 Å². The van der Waals surface area contributed by atoms with E-state index in [1.807, 2.05) is 12.1 Å². The molecule has 17 heavy (non-hydrogen) atoms. The third kappa shape index (κ3) is 3.13. The molecule has 0 aliphatic rings. The molecule has 0 atom stereocenters. The lowest BCUT2D eigenvalue weighted by Gasteiger charge is -2.09. The summed E-state index contributed by atoms with van der Waals surface area (Å²) in [5.41, 5.74) is 6.59. The maximum Gasteiger partial charge on any atom is 0.109 e. The number of nitrogens with zero attached hydrogens (tertiary/aromatic N) is 1. The van der Waals surface area contributed by atoms with Crippen molar-refractivity contribution in [2.24, 2.45) is 5.73 Å². The first-order chi connectivity index (χ1) is 8.20. The van der Waals surface area contributed by atoms with E-state index in [0.717, 1.165) is 15.5 Å². The standard InChI is InChI=1S/C12H9Cl2N2S/c13-9-5-8(7-15)12(10(14)6-9)17-11-3-1-2-4-16-11/h1-2,4-6H,7,15H2. The van der Waals surface area contributed by atoms with Crippen LogP contribution in [-0.2, 0) is 6.54 Å². The second kappa shape index (κ2) is 5.74. The van der Waals surface area contributed by atoms with Crippen molar-refractivity contribution in [3.05, 3.63) is 52.1 Å². The van der Waals surface area contributed by atoms with Crippen LogP contribution in [0.15, 0.2) is 40.4 Å². The largest absolute Gasteiger partial charge is 0.326 e. The van der Waals surface area contributed by atoms with Gasteiger partial charge in [0.05, 0.1) is 5.02 Å². The highest BCUT2D eigenvalue weighted by molar-refractivity contribution is 7.99. The predicted molar refractivity (Wildman–Crippen MR) is 71.5 cm³/mol. The van der Waals surface area contributed by atoms with Gasteiger partial charge in [-0.1, -0.05) is 41.0 Å². The minimum absolute atomic E-state index is 0.384. The molecule has 5 heteroatoms. The SMILES string of the molecule is NCc1cc(Cl)cc(Cl)c1Sc1[c]cccn1. The second-order valence-electron chi connectivity index (χ2n) is 3.27. The Balaban J connectivity index is 2.38. The molecule has 0 spiro atoms. The molecule has 2 aromatic rings. The summed E-state index contributed by atoms with van der Waals surface area (Å²) in [5, 5.41) is 1.93. The number of hydrogen-bond donors (Lipinski definition) is 1.